The van der Waals surface area contributed by atoms with E-state index in [-0.39, 0.29) is 11.8 Å². The summed E-state index contributed by atoms with van der Waals surface area (Å²) in [5.41, 5.74) is -0.537. The minimum Gasteiger partial charge on any atom is -0.447 e. The van der Waals surface area contributed by atoms with Gasteiger partial charge in [-0.2, -0.15) is 0 Å². The van der Waals surface area contributed by atoms with Gasteiger partial charge in [0.25, 0.3) is 0 Å². The van der Waals surface area contributed by atoms with Crippen molar-refractivity contribution in [1.82, 2.24) is 20.1 Å². The van der Waals surface area contributed by atoms with E-state index in [0.29, 0.717) is 24.7 Å². The first kappa shape index (κ1) is 13.3. The van der Waals surface area contributed by atoms with E-state index < -0.39 is 11.2 Å². The van der Waals surface area contributed by atoms with Crippen molar-refractivity contribution in [2.75, 3.05) is 13.1 Å². The topological polar surface area (TPSA) is 105 Å². The van der Waals surface area contributed by atoms with Gasteiger partial charge in [-0.25, -0.2) is 14.9 Å². The van der Waals surface area contributed by atoms with Crippen molar-refractivity contribution in [2.24, 2.45) is 0 Å². The first-order valence-electron chi connectivity index (χ1n) is 7.43. The Balaban J connectivity index is 1.53. The number of aromatic nitrogens is 3. The molecular weight excluding hydrogens is 288 g/mol. The van der Waals surface area contributed by atoms with Gasteiger partial charge in [0.2, 0.25) is 11.8 Å². The Bertz CT molecular complexity index is 728. The summed E-state index contributed by atoms with van der Waals surface area (Å²) >= 11 is 0. The molecule has 1 atom stereocenters. The number of likely N-dealkylation sites (tertiary alicyclic amines) is 1. The highest BCUT2D eigenvalue weighted by Crippen LogP contribution is 2.50. The van der Waals surface area contributed by atoms with Crippen molar-refractivity contribution < 1.29 is 13.6 Å². The highest BCUT2D eigenvalue weighted by atomic mass is 16.4. The minimum atomic E-state index is -0.557. The quantitative estimate of drug-likeness (QED) is 0.898. The Morgan fingerprint density at radius 1 is 1.45 bits per heavy atom. The molecule has 0 spiro atoms. The summed E-state index contributed by atoms with van der Waals surface area (Å²) in [4.78, 5) is 29.7. The Labute approximate surface area is 125 Å². The highest BCUT2D eigenvalue weighted by Gasteiger charge is 2.56. The molecule has 8 heteroatoms. The van der Waals surface area contributed by atoms with Gasteiger partial charge < -0.3 is 13.7 Å². The molecular formula is C14H16N4O4. The van der Waals surface area contributed by atoms with Crippen molar-refractivity contribution in [3.05, 3.63) is 34.8 Å². The van der Waals surface area contributed by atoms with Crippen LogP contribution in [-0.2, 0) is 10.2 Å². The SMILES string of the molecule is O=C(N1CCCC(c2n[nH]c(=O)o2)C1)C1(c2cnco2)CC1. The standard InChI is InChI=1S/C14H16N4O4/c19-12(14(3-4-14)10-6-15-8-21-10)18-5-1-2-9(7-18)11-16-17-13(20)22-11/h6,8-9H,1-5,7H2,(H,17,20). The second-order valence-corrected chi connectivity index (χ2v) is 5.99. The zero-order chi connectivity index (χ0) is 15.2. The number of carbonyl (C=O) groups is 1. The van der Waals surface area contributed by atoms with Crippen molar-refractivity contribution in [3.8, 4) is 0 Å². The molecule has 2 fully saturated rings. The molecule has 2 aromatic rings. The fourth-order valence-corrected chi connectivity index (χ4v) is 3.22. The number of aromatic amines is 1. The van der Waals surface area contributed by atoms with Crippen LogP contribution in [0.2, 0.25) is 0 Å². The van der Waals surface area contributed by atoms with E-state index in [0.717, 1.165) is 25.7 Å². The third-order valence-corrected chi connectivity index (χ3v) is 4.58. The van der Waals surface area contributed by atoms with Crippen LogP contribution in [0.1, 0.15) is 43.3 Å². The Kier molecular flexibility index (Phi) is 2.91. The van der Waals surface area contributed by atoms with Gasteiger partial charge in [-0.1, -0.05) is 0 Å². The number of rotatable bonds is 3. The van der Waals surface area contributed by atoms with Crippen LogP contribution in [0.25, 0.3) is 0 Å². The maximum Gasteiger partial charge on any atom is 0.434 e. The summed E-state index contributed by atoms with van der Waals surface area (Å²) in [5, 5.41) is 6.17. The van der Waals surface area contributed by atoms with Crippen molar-refractivity contribution in [2.45, 2.75) is 37.0 Å². The van der Waals surface area contributed by atoms with Crippen LogP contribution in [0.15, 0.2) is 26.2 Å². The molecule has 1 aliphatic carbocycles. The number of nitrogens with zero attached hydrogens (tertiary/aromatic N) is 3. The number of carbonyl (C=O) groups excluding carboxylic acids is 1. The summed E-state index contributed by atoms with van der Waals surface area (Å²) in [6.07, 6.45) is 6.28. The smallest absolute Gasteiger partial charge is 0.434 e. The number of H-pyrrole nitrogens is 1. The van der Waals surface area contributed by atoms with E-state index in [1.807, 2.05) is 4.90 Å². The van der Waals surface area contributed by atoms with Crippen molar-refractivity contribution >= 4 is 5.91 Å². The van der Waals surface area contributed by atoms with Crippen LogP contribution >= 0.6 is 0 Å². The zero-order valence-electron chi connectivity index (χ0n) is 11.9. The van der Waals surface area contributed by atoms with Gasteiger partial charge in [0, 0.05) is 13.1 Å². The van der Waals surface area contributed by atoms with Crippen LogP contribution in [-0.4, -0.2) is 39.1 Å². The molecule has 4 rings (SSSR count). The summed E-state index contributed by atoms with van der Waals surface area (Å²) in [6.45, 7) is 1.22. The monoisotopic (exact) mass is 304 g/mol. The summed E-state index contributed by atoms with van der Waals surface area (Å²) in [7, 11) is 0. The molecule has 1 N–H and O–H groups in total. The molecule has 1 amide bonds. The second kappa shape index (κ2) is 4.82. The van der Waals surface area contributed by atoms with Crippen LogP contribution in [0.3, 0.4) is 0 Å². The summed E-state index contributed by atoms with van der Waals surface area (Å²) in [6, 6.07) is 0. The molecule has 2 aliphatic rings. The molecule has 8 nitrogen and oxygen atoms in total. The van der Waals surface area contributed by atoms with E-state index in [1.165, 1.54) is 6.39 Å². The molecule has 22 heavy (non-hydrogen) atoms. The van der Waals surface area contributed by atoms with Crippen molar-refractivity contribution in [1.29, 1.82) is 0 Å². The zero-order valence-corrected chi connectivity index (χ0v) is 11.9. The normalized spacial score (nSPS) is 23.5. The average Bonchev–Trinajstić information content (AvgIpc) is 2.97. The van der Waals surface area contributed by atoms with E-state index in [2.05, 4.69) is 15.2 Å². The second-order valence-electron chi connectivity index (χ2n) is 5.99. The lowest BCUT2D eigenvalue weighted by Gasteiger charge is -2.33. The van der Waals surface area contributed by atoms with E-state index >= 15 is 0 Å². The Morgan fingerprint density at radius 3 is 2.95 bits per heavy atom. The maximum absolute atomic E-state index is 12.9. The summed E-state index contributed by atoms with van der Waals surface area (Å²) in [5.74, 6) is 0.505. The molecule has 116 valence electrons. The fraction of sp³-hybridized carbons (Fsp3) is 0.571. The van der Waals surface area contributed by atoms with Gasteiger partial charge in [-0.3, -0.25) is 4.79 Å². The third kappa shape index (κ3) is 2.06. The number of hydrogen-bond acceptors (Lipinski definition) is 6. The van der Waals surface area contributed by atoms with E-state index in [1.54, 1.807) is 6.20 Å². The number of piperidine rings is 1. The Hall–Kier alpha value is -2.38. The largest absolute Gasteiger partial charge is 0.447 e. The molecule has 0 bridgehead atoms. The van der Waals surface area contributed by atoms with Gasteiger partial charge in [-0.05, 0) is 25.7 Å². The number of amides is 1. The molecule has 3 heterocycles. The minimum absolute atomic E-state index is 0.0397. The lowest BCUT2D eigenvalue weighted by Crippen LogP contribution is -2.44. The van der Waals surface area contributed by atoms with Gasteiger partial charge in [0.15, 0.2) is 6.39 Å². The third-order valence-electron chi connectivity index (χ3n) is 4.58. The van der Waals surface area contributed by atoms with Crippen LogP contribution in [0.4, 0.5) is 0 Å². The van der Waals surface area contributed by atoms with E-state index in [4.69, 9.17) is 8.83 Å². The van der Waals surface area contributed by atoms with Crippen LogP contribution in [0.5, 0.6) is 0 Å². The molecule has 1 saturated heterocycles. The lowest BCUT2D eigenvalue weighted by atomic mass is 9.95. The van der Waals surface area contributed by atoms with Gasteiger partial charge in [-0.15, -0.1) is 5.10 Å². The molecule has 0 radical (unpaired) electrons. The van der Waals surface area contributed by atoms with Crippen molar-refractivity contribution in [3.63, 3.8) is 0 Å². The predicted molar refractivity (Wildman–Crippen MR) is 73.1 cm³/mol. The first-order valence-corrected chi connectivity index (χ1v) is 7.43. The molecule has 2 aromatic heterocycles. The molecule has 0 aromatic carbocycles. The number of hydrogen-bond donors (Lipinski definition) is 1. The summed E-state index contributed by atoms with van der Waals surface area (Å²) < 4.78 is 10.4. The average molecular weight is 304 g/mol. The van der Waals surface area contributed by atoms with E-state index in [9.17, 15) is 9.59 Å². The highest BCUT2D eigenvalue weighted by molar-refractivity contribution is 5.90. The first-order chi connectivity index (χ1) is 10.7. The van der Waals surface area contributed by atoms with Crippen LogP contribution in [0, 0.1) is 0 Å². The molecule has 1 aliphatic heterocycles. The number of nitrogens with one attached hydrogen (secondary N) is 1. The molecule has 1 saturated carbocycles. The van der Waals surface area contributed by atoms with Gasteiger partial charge in [0.05, 0.1) is 12.1 Å². The predicted octanol–water partition coefficient (Wildman–Crippen LogP) is 0.789. The Morgan fingerprint density at radius 2 is 2.32 bits per heavy atom. The fourth-order valence-electron chi connectivity index (χ4n) is 3.22. The molecule has 1 unspecified atom stereocenters. The van der Waals surface area contributed by atoms with Gasteiger partial charge >= 0.3 is 5.76 Å². The lowest BCUT2D eigenvalue weighted by molar-refractivity contribution is -0.135. The van der Waals surface area contributed by atoms with Crippen LogP contribution < -0.4 is 5.76 Å². The maximum atomic E-state index is 12.9. The number of oxazole rings is 1. The van der Waals surface area contributed by atoms with Gasteiger partial charge in [0.1, 0.15) is 11.2 Å².